The average molecular weight is 254 g/mol. The van der Waals surface area contributed by atoms with Crippen LogP contribution in [0.2, 0.25) is 0 Å². The average Bonchev–Trinajstić information content (AvgIpc) is 2.48. The molecule has 100 valence electrons. The van der Waals surface area contributed by atoms with E-state index in [1.54, 1.807) is 0 Å². The Kier molecular flexibility index (Phi) is 4.82. The fourth-order valence-corrected chi connectivity index (χ4v) is 2.93. The van der Waals surface area contributed by atoms with Gasteiger partial charge in [0.2, 0.25) is 0 Å². The molecule has 0 spiro atoms. The summed E-state index contributed by atoms with van der Waals surface area (Å²) < 4.78 is 6.19. The molecule has 0 amide bonds. The molecular formula is C18H22O. The largest absolute Gasteiger partial charge is 0.357 e. The van der Waals surface area contributed by atoms with E-state index in [-0.39, 0.29) is 0 Å². The predicted molar refractivity (Wildman–Crippen MR) is 79.6 cm³/mol. The molecular weight excluding hydrogens is 232 g/mol. The summed E-state index contributed by atoms with van der Waals surface area (Å²) in [5.74, 6) is 3.36. The van der Waals surface area contributed by atoms with E-state index in [1.165, 1.54) is 12.0 Å². The van der Waals surface area contributed by atoms with E-state index in [4.69, 9.17) is 11.2 Å². The highest BCUT2D eigenvalue weighted by Crippen LogP contribution is 2.39. The van der Waals surface area contributed by atoms with Gasteiger partial charge in [0, 0.05) is 5.92 Å². The molecule has 1 saturated carbocycles. The zero-order chi connectivity index (χ0) is 13.6. The third-order valence-electron chi connectivity index (χ3n) is 4.04. The van der Waals surface area contributed by atoms with Crippen molar-refractivity contribution in [3.8, 4) is 12.3 Å². The molecule has 0 unspecified atom stereocenters. The van der Waals surface area contributed by atoms with Gasteiger partial charge in [-0.05, 0) is 31.2 Å². The summed E-state index contributed by atoms with van der Waals surface area (Å²) in [4.78, 5) is 0. The molecule has 0 aromatic heterocycles. The Morgan fingerprint density at radius 3 is 2.84 bits per heavy atom. The Morgan fingerprint density at radius 2 is 2.16 bits per heavy atom. The van der Waals surface area contributed by atoms with Gasteiger partial charge >= 0.3 is 0 Å². The molecule has 0 radical (unpaired) electrons. The summed E-state index contributed by atoms with van der Waals surface area (Å²) in [6.45, 7) is 4.44. The highest BCUT2D eigenvalue weighted by atomic mass is 16.5. The molecule has 0 N–H and O–H groups in total. The minimum Gasteiger partial charge on any atom is -0.357 e. The molecule has 1 aliphatic carbocycles. The minimum absolute atomic E-state index is 0.401. The van der Waals surface area contributed by atoms with Gasteiger partial charge in [-0.15, -0.1) is 13.0 Å². The fourth-order valence-electron chi connectivity index (χ4n) is 2.93. The lowest BCUT2D eigenvalue weighted by atomic mass is 9.74. The first-order valence-corrected chi connectivity index (χ1v) is 7.07. The Morgan fingerprint density at radius 1 is 1.37 bits per heavy atom. The van der Waals surface area contributed by atoms with Crippen molar-refractivity contribution in [2.45, 2.75) is 44.3 Å². The normalized spacial score (nSPS) is 26.6. The minimum atomic E-state index is -0.401. The van der Waals surface area contributed by atoms with Gasteiger partial charge in [0.1, 0.15) is 5.60 Å². The number of benzene rings is 1. The first-order valence-electron chi connectivity index (χ1n) is 7.07. The second-order valence-corrected chi connectivity index (χ2v) is 5.28. The van der Waals surface area contributed by atoms with Crippen molar-refractivity contribution < 1.29 is 4.74 Å². The molecule has 1 nitrogen and oxygen atoms in total. The lowest BCUT2D eigenvalue weighted by molar-refractivity contribution is -0.0743. The third kappa shape index (κ3) is 3.28. The van der Waals surface area contributed by atoms with Crippen LogP contribution < -0.4 is 0 Å². The molecule has 0 bridgehead atoms. The van der Waals surface area contributed by atoms with Crippen LogP contribution in [-0.4, -0.2) is 5.60 Å². The van der Waals surface area contributed by atoms with Gasteiger partial charge in [-0.3, -0.25) is 0 Å². The number of hydrogen-bond acceptors (Lipinski definition) is 1. The van der Waals surface area contributed by atoms with E-state index in [9.17, 15) is 0 Å². The molecule has 2 rings (SSSR count). The smallest absolute Gasteiger partial charge is 0.131 e. The van der Waals surface area contributed by atoms with Crippen LogP contribution in [0.4, 0.5) is 0 Å². The maximum Gasteiger partial charge on any atom is 0.131 e. The SMILES string of the molecule is C#C[C@@]1(OCc2ccccc2)CCCC[C@H]1CC=C. The second kappa shape index (κ2) is 6.59. The number of rotatable bonds is 5. The van der Waals surface area contributed by atoms with Crippen molar-refractivity contribution in [1.82, 2.24) is 0 Å². The van der Waals surface area contributed by atoms with E-state index < -0.39 is 5.60 Å². The second-order valence-electron chi connectivity index (χ2n) is 5.28. The first kappa shape index (κ1) is 13.9. The Balaban J connectivity index is 2.08. The van der Waals surface area contributed by atoms with Crippen molar-refractivity contribution in [3.63, 3.8) is 0 Å². The quantitative estimate of drug-likeness (QED) is 0.561. The summed E-state index contributed by atoms with van der Waals surface area (Å²) in [6, 6.07) is 10.2. The van der Waals surface area contributed by atoms with Gasteiger partial charge in [-0.2, -0.15) is 0 Å². The van der Waals surface area contributed by atoms with Gasteiger partial charge in [0.25, 0.3) is 0 Å². The standard InChI is InChI=1S/C18H22O/c1-3-10-17-13-8-9-14-18(17,4-2)19-15-16-11-6-5-7-12-16/h2-3,5-7,11-12,17H,1,8-10,13-15H2/t17-,18-/m1/s1. The van der Waals surface area contributed by atoms with Crippen LogP contribution in [-0.2, 0) is 11.3 Å². The number of ether oxygens (including phenoxy) is 1. The zero-order valence-electron chi connectivity index (χ0n) is 11.5. The summed E-state index contributed by atoms with van der Waals surface area (Å²) in [5.41, 5.74) is 0.780. The van der Waals surface area contributed by atoms with E-state index >= 15 is 0 Å². The van der Waals surface area contributed by atoms with Crippen molar-refractivity contribution >= 4 is 0 Å². The molecule has 19 heavy (non-hydrogen) atoms. The van der Waals surface area contributed by atoms with Crippen LogP contribution in [0.15, 0.2) is 43.0 Å². The third-order valence-corrected chi connectivity index (χ3v) is 4.04. The topological polar surface area (TPSA) is 9.23 Å². The Labute approximate surface area is 116 Å². The maximum absolute atomic E-state index is 6.19. The monoisotopic (exact) mass is 254 g/mol. The van der Waals surface area contributed by atoms with Gasteiger partial charge in [0.15, 0.2) is 0 Å². The van der Waals surface area contributed by atoms with Gasteiger partial charge in [-0.1, -0.05) is 48.7 Å². The molecule has 1 aliphatic rings. The number of allylic oxidation sites excluding steroid dienone is 1. The van der Waals surface area contributed by atoms with Gasteiger partial charge in [0.05, 0.1) is 6.61 Å². The van der Waals surface area contributed by atoms with E-state index in [0.29, 0.717) is 12.5 Å². The van der Waals surface area contributed by atoms with Crippen molar-refractivity contribution in [1.29, 1.82) is 0 Å². The van der Waals surface area contributed by atoms with Crippen LogP contribution in [0.25, 0.3) is 0 Å². The van der Waals surface area contributed by atoms with Crippen molar-refractivity contribution in [2.24, 2.45) is 5.92 Å². The summed E-state index contributed by atoms with van der Waals surface area (Å²) in [7, 11) is 0. The molecule has 1 aromatic carbocycles. The molecule has 0 aliphatic heterocycles. The fraction of sp³-hybridized carbons (Fsp3) is 0.444. The molecule has 1 aromatic rings. The summed E-state index contributed by atoms with van der Waals surface area (Å²) >= 11 is 0. The van der Waals surface area contributed by atoms with Crippen LogP contribution >= 0.6 is 0 Å². The molecule has 1 heteroatoms. The van der Waals surface area contributed by atoms with Crippen LogP contribution in [0.5, 0.6) is 0 Å². The Hall–Kier alpha value is -1.52. The van der Waals surface area contributed by atoms with Crippen molar-refractivity contribution in [2.75, 3.05) is 0 Å². The van der Waals surface area contributed by atoms with Crippen LogP contribution in [0, 0.1) is 18.3 Å². The molecule has 1 fully saturated rings. The summed E-state index contributed by atoms with van der Waals surface area (Å²) in [5, 5.41) is 0. The Bertz CT molecular complexity index is 443. The zero-order valence-corrected chi connectivity index (χ0v) is 11.5. The lowest BCUT2D eigenvalue weighted by Crippen LogP contribution is -2.41. The molecule has 0 saturated heterocycles. The van der Waals surface area contributed by atoms with Crippen molar-refractivity contribution in [3.05, 3.63) is 48.6 Å². The van der Waals surface area contributed by atoms with E-state index in [0.717, 1.165) is 25.7 Å². The number of terminal acetylenes is 1. The highest BCUT2D eigenvalue weighted by Gasteiger charge is 2.39. The van der Waals surface area contributed by atoms with E-state index in [1.807, 2.05) is 24.3 Å². The summed E-state index contributed by atoms with van der Waals surface area (Å²) in [6.07, 6.45) is 13.2. The van der Waals surface area contributed by atoms with Crippen LogP contribution in [0.1, 0.15) is 37.7 Å². The first-order chi connectivity index (χ1) is 9.30. The molecule has 2 atom stereocenters. The highest BCUT2D eigenvalue weighted by molar-refractivity contribution is 5.17. The predicted octanol–water partition coefficient (Wildman–Crippen LogP) is 4.34. The lowest BCUT2D eigenvalue weighted by Gasteiger charge is -2.40. The van der Waals surface area contributed by atoms with E-state index in [2.05, 4.69) is 24.6 Å². The van der Waals surface area contributed by atoms with Crippen LogP contribution in [0.3, 0.4) is 0 Å². The van der Waals surface area contributed by atoms with Gasteiger partial charge in [-0.25, -0.2) is 0 Å². The van der Waals surface area contributed by atoms with Gasteiger partial charge < -0.3 is 4.74 Å². The maximum atomic E-state index is 6.19. The number of hydrogen-bond donors (Lipinski definition) is 0. The molecule has 0 heterocycles.